The average Bonchev–Trinajstić information content (AvgIpc) is 2.63. The Morgan fingerprint density at radius 1 is 1.20 bits per heavy atom. The maximum Gasteiger partial charge on any atom is 0.514 e. The van der Waals surface area contributed by atoms with Gasteiger partial charge in [-0.15, -0.1) is 0 Å². The van der Waals surface area contributed by atoms with E-state index in [1.807, 2.05) is 6.08 Å². The van der Waals surface area contributed by atoms with Crippen molar-refractivity contribution in [2.24, 2.45) is 0 Å². The van der Waals surface area contributed by atoms with E-state index < -0.39 is 25.3 Å². The summed E-state index contributed by atoms with van der Waals surface area (Å²) in [5.41, 5.74) is -0.101. The fraction of sp³-hybridized carbons (Fsp3) is 0.500. The van der Waals surface area contributed by atoms with E-state index in [0.717, 1.165) is 6.04 Å². The maximum absolute atomic E-state index is 12.3. The van der Waals surface area contributed by atoms with Crippen molar-refractivity contribution in [3.63, 3.8) is 0 Å². The molecule has 0 fully saturated rings. The molecule has 164 valence electrons. The molecule has 1 unspecified atom stereocenters. The van der Waals surface area contributed by atoms with Crippen molar-refractivity contribution in [3.8, 4) is 5.75 Å². The van der Waals surface area contributed by atoms with Crippen molar-refractivity contribution in [2.45, 2.75) is 44.6 Å². The third-order valence-electron chi connectivity index (χ3n) is 4.43. The van der Waals surface area contributed by atoms with E-state index in [1.54, 1.807) is 11.0 Å². The number of nitro benzene ring substituents is 1. The van der Waals surface area contributed by atoms with Gasteiger partial charge in [0, 0.05) is 39.7 Å². The van der Waals surface area contributed by atoms with E-state index in [1.165, 1.54) is 24.3 Å². The van der Waals surface area contributed by atoms with E-state index in [4.69, 9.17) is 14.2 Å². The van der Waals surface area contributed by atoms with Crippen LogP contribution in [0.2, 0.25) is 25.7 Å². The minimum Gasteiger partial charge on any atom is -0.450 e. The molecule has 1 aliphatic rings. The molecule has 1 heterocycles. The molecule has 0 aromatic heterocycles. The molecule has 0 spiro atoms. The summed E-state index contributed by atoms with van der Waals surface area (Å²) in [6.07, 6.45) is 2.85. The molecule has 1 aromatic rings. The lowest BCUT2D eigenvalue weighted by molar-refractivity contribution is -0.384. The maximum atomic E-state index is 12.3. The van der Waals surface area contributed by atoms with Crippen molar-refractivity contribution in [3.05, 3.63) is 46.5 Å². The molecular weight excluding hydrogens is 408 g/mol. The minimum atomic E-state index is -1.27. The highest BCUT2D eigenvalue weighted by Gasteiger charge is 2.22. The van der Waals surface area contributed by atoms with Gasteiger partial charge in [0.2, 0.25) is 0 Å². The molecule has 30 heavy (non-hydrogen) atoms. The van der Waals surface area contributed by atoms with Crippen LogP contribution in [0.1, 0.15) is 12.8 Å². The van der Waals surface area contributed by atoms with Gasteiger partial charge in [0.1, 0.15) is 11.9 Å². The second kappa shape index (κ2) is 10.8. The average molecular weight is 437 g/mol. The molecule has 0 bridgehead atoms. The number of benzene rings is 1. The van der Waals surface area contributed by atoms with Gasteiger partial charge >= 0.3 is 12.2 Å². The molecule has 1 aliphatic heterocycles. The van der Waals surface area contributed by atoms with Crippen molar-refractivity contribution >= 4 is 26.0 Å². The van der Waals surface area contributed by atoms with E-state index in [9.17, 15) is 19.7 Å². The zero-order chi connectivity index (χ0) is 22.1. The number of nitrogens with zero attached hydrogens (tertiary/aromatic N) is 2. The normalized spacial score (nSPS) is 16.9. The topological polar surface area (TPSA) is 108 Å². The lowest BCUT2D eigenvalue weighted by Crippen LogP contribution is -2.37. The van der Waals surface area contributed by atoms with Gasteiger partial charge < -0.3 is 19.1 Å². The second-order valence-corrected chi connectivity index (χ2v) is 13.8. The van der Waals surface area contributed by atoms with Crippen LogP contribution in [0.15, 0.2) is 36.4 Å². The summed E-state index contributed by atoms with van der Waals surface area (Å²) >= 11 is 0. The zero-order valence-electron chi connectivity index (χ0n) is 17.5. The van der Waals surface area contributed by atoms with E-state index in [2.05, 4.69) is 19.6 Å². The summed E-state index contributed by atoms with van der Waals surface area (Å²) in [5, 5.41) is 10.7. The summed E-state index contributed by atoms with van der Waals surface area (Å²) in [6, 6.07) is 6.04. The van der Waals surface area contributed by atoms with Crippen LogP contribution in [0.3, 0.4) is 0 Å². The molecule has 1 aromatic carbocycles. The Labute approximate surface area is 176 Å². The number of hydrogen-bond donors (Lipinski definition) is 0. The number of amides is 1. The van der Waals surface area contributed by atoms with Gasteiger partial charge in [-0.1, -0.05) is 25.7 Å². The van der Waals surface area contributed by atoms with Gasteiger partial charge in [-0.05, 0) is 30.7 Å². The Kier molecular flexibility index (Phi) is 8.40. The molecule has 0 N–H and O–H groups in total. The Balaban J connectivity index is 1.82. The Bertz CT molecular complexity index is 774. The highest BCUT2D eigenvalue weighted by molar-refractivity contribution is 6.76. The van der Waals surface area contributed by atoms with Crippen LogP contribution in [0.5, 0.6) is 5.75 Å². The first-order chi connectivity index (χ1) is 14.1. The zero-order valence-corrected chi connectivity index (χ0v) is 18.5. The summed E-state index contributed by atoms with van der Waals surface area (Å²) < 4.78 is 15.8. The number of carbonyl (C=O) groups excluding carboxylic acids is 2. The third kappa shape index (κ3) is 8.24. The SMILES string of the molecule is C[Si](C)(C)CCOC(=O)N1CCC=CC(OC(=O)Oc2ccc([N+](=O)[O-])cc2)CC1. The van der Waals surface area contributed by atoms with Crippen molar-refractivity contribution in [1.82, 2.24) is 4.90 Å². The standard InChI is InChI=1S/C20H28N2O7Si/c1-30(2,3)15-14-27-19(23)21-12-5-4-6-17(11-13-21)28-20(24)29-18-9-7-16(8-10-18)22(25)26/h4,6-10,17H,5,11-15H2,1-3H3. The number of ether oxygens (including phenoxy) is 3. The summed E-state index contributed by atoms with van der Waals surface area (Å²) in [5.74, 6) is 0.146. The molecule has 0 radical (unpaired) electrons. The van der Waals surface area contributed by atoms with E-state index in [-0.39, 0.29) is 17.5 Å². The second-order valence-electron chi connectivity index (χ2n) is 8.18. The fourth-order valence-corrected chi connectivity index (χ4v) is 3.38. The highest BCUT2D eigenvalue weighted by atomic mass is 28.3. The lowest BCUT2D eigenvalue weighted by atomic mass is 10.1. The van der Waals surface area contributed by atoms with Crippen LogP contribution in [0.25, 0.3) is 0 Å². The first kappa shape index (κ1) is 23.4. The molecule has 0 saturated carbocycles. The number of non-ortho nitro benzene ring substituents is 1. The fourth-order valence-electron chi connectivity index (χ4n) is 2.67. The van der Waals surface area contributed by atoms with Gasteiger partial charge in [-0.2, -0.15) is 0 Å². The minimum absolute atomic E-state index is 0.101. The third-order valence-corrected chi connectivity index (χ3v) is 6.14. The molecule has 2 rings (SSSR count). The van der Waals surface area contributed by atoms with Gasteiger partial charge in [0.25, 0.3) is 5.69 Å². The summed E-state index contributed by atoms with van der Waals surface area (Å²) in [4.78, 5) is 36.1. The van der Waals surface area contributed by atoms with Crippen LogP contribution in [0, 0.1) is 10.1 Å². The lowest BCUT2D eigenvalue weighted by Gasteiger charge is -2.26. The number of carbonyl (C=O) groups is 2. The Morgan fingerprint density at radius 2 is 1.90 bits per heavy atom. The van der Waals surface area contributed by atoms with Crippen LogP contribution in [-0.2, 0) is 9.47 Å². The molecule has 1 atom stereocenters. The molecule has 10 heteroatoms. The molecular formula is C20H28N2O7Si. The largest absolute Gasteiger partial charge is 0.514 e. The summed E-state index contributed by atoms with van der Waals surface area (Å²) in [6.45, 7) is 8.02. The Morgan fingerprint density at radius 3 is 2.53 bits per heavy atom. The predicted octanol–water partition coefficient (Wildman–Crippen LogP) is 4.61. The van der Waals surface area contributed by atoms with Gasteiger partial charge in [-0.3, -0.25) is 10.1 Å². The van der Waals surface area contributed by atoms with Crippen LogP contribution in [-0.4, -0.2) is 55.9 Å². The predicted molar refractivity (Wildman–Crippen MR) is 113 cm³/mol. The Hall–Kier alpha value is -2.88. The first-order valence-corrected chi connectivity index (χ1v) is 13.6. The smallest absolute Gasteiger partial charge is 0.450 e. The monoisotopic (exact) mass is 436 g/mol. The summed E-state index contributed by atoms with van der Waals surface area (Å²) in [7, 11) is -1.27. The van der Waals surface area contributed by atoms with Gasteiger partial charge in [-0.25, -0.2) is 9.59 Å². The number of rotatable bonds is 6. The van der Waals surface area contributed by atoms with Gasteiger partial charge in [0.05, 0.1) is 11.5 Å². The van der Waals surface area contributed by atoms with E-state index in [0.29, 0.717) is 32.5 Å². The molecule has 0 saturated heterocycles. The highest BCUT2D eigenvalue weighted by Crippen LogP contribution is 2.19. The molecule has 9 nitrogen and oxygen atoms in total. The van der Waals surface area contributed by atoms with Crippen LogP contribution in [0.4, 0.5) is 15.3 Å². The van der Waals surface area contributed by atoms with Gasteiger partial charge in [0.15, 0.2) is 0 Å². The number of nitro groups is 1. The number of hydrogen-bond acceptors (Lipinski definition) is 7. The van der Waals surface area contributed by atoms with Crippen molar-refractivity contribution < 1.29 is 28.7 Å². The quantitative estimate of drug-likeness (QED) is 0.160. The van der Waals surface area contributed by atoms with Crippen molar-refractivity contribution in [1.29, 1.82) is 0 Å². The van der Waals surface area contributed by atoms with Crippen molar-refractivity contribution in [2.75, 3.05) is 19.7 Å². The molecule has 1 amide bonds. The van der Waals surface area contributed by atoms with Crippen LogP contribution < -0.4 is 4.74 Å². The molecule has 0 aliphatic carbocycles. The van der Waals surface area contributed by atoms with E-state index >= 15 is 0 Å². The van der Waals surface area contributed by atoms with Crippen LogP contribution >= 0.6 is 0 Å². The first-order valence-electron chi connectivity index (χ1n) is 9.85.